The van der Waals surface area contributed by atoms with E-state index < -0.39 is 6.10 Å². The highest BCUT2D eigenvalue weighted by Gasteiger charge is 2.14. The number of aliphatic hydroxyl groups excluding tert-OH is 1. The van der Waals surface area contributed by atoms with E-state index in [9.17, 15) is 14.7 Å². The van der Waals surface area contributed by atoms with E-state index in [1.807, 2.05) is 4.90 Å². The predicted molar refractivity (Wildman–Crippen MR) is 96.3 cm³/mol. The van der Waals surface area contributed by atoms with Gasteiger partial charge in [0.25, 0.3) is 0 Å². The van der Waals surface area contributed by atoms with Crippen LogP contribution in [0.4, 0.5) is 0 Å². The monoisotopic (exact) mass is 358 g/mol. The maximum atomic E-state index is 11.6. The molecule has 0 aromatic carbocycles. The summed E-state index contributed by atoms with van der Waals surface area (Å²) in [6, 6.07) is 0. The molecule has 1 atom stereocenters. The van der Waals surface area contributed by atoms with Gasteiger partial charge in [0.05, 0.1) is 25.8 Å². The first-order chi connectivity index (χ1) is 12.1. The van der Waals surface area contributed by atoms with Crippen molar-refractivity contribution in [2.45, 2.75) is 38.7 Å². The van der Waals surface area contributed by atoms with Gasteiger partial charge >= 0.3 is 0 Å². The molecule has 8 heteroatoms. The average Bonchev–Trinajstić information content (AvgIpc) is 2.56. The summed E-state index contributed by atoms with van der Waals surface area (Å²) in [6.45, 7) is 6.13. The van der Waals surface area contributed by atoms with Crippen molar-refractivity contribution in [2.75, 3.05) is 59.0 Å². The van der Waals surface area contributed by atoms with Crippen LogP contribution in [0.3, 0.4) is 0 Å². The highest BCUT2D eigenvalue weighted by Crippen LogP contribution is 2.00. The molecule has 4 N–H and O–H groups in total. The van der Waals surface area contributed by atoms with Crippen molar-refractivity contribution in [3.05, 3.63) is 0 Å². The Balaban J connectivity index is 2.28. The van der Waals surface area contributed by atoms with Crippen molar-refractivity contribution in [1.29, 1.82) is 0 Å². The second kappa shape index (κ2) is 14.0. The van der Waals surface area contributed by atoms with Gasteiger partial charge in [-0.05, 0) is 6.42 Å². The zero-order valence-electron chi connectivity index (χ0n) is 15.4. The van der Waals surface area contributed by atoms with Crippen LogP contribution >= 0.6 is 0 Å². The summed E-state index contributed by atoms with van der Waals surface area (Å²) >= 11 is 0. The van der Waals surface area contributed by atoms with Crippen molar-refractivity contribution in [3.63, 3.8) is 0 Å². The Kier molecular flexibility index (Phi) is 12.2. The van der Waals surface area contributed by atoms with Gasteiger partial charge in [0.1, 0.15) is 0 Å². The van der Waals surface area contributed by atoms with Crippen LogP contribution in [0.1, 0.15) is 32.6 Å². The van der Waals surface area contributed by atoms with E-state index in [2.05, 4.69) is 22.9 Å². The molecule has 1 fully saturated rings. The van der Waals surface area contributed by atoms with Crippen LogP contribution in [0.2, 0.25) is 0 Å². The van der Waals surface area contributed by atoms with Gasteiger partial charge < -0.3 is 20.5 Å². The summed E-state index contributed by atoms with van der Waals surface area (Å²) in [5.74, 6) is -0.270. The lowest BCUT2D eigenvalue weighted by Gasteiger charge is -2.25. The molecule has 0 aromatic rings. The predicted octanol–water partition coefficient (Wildman–Crippen LogP) is -0.918. The van der Waals surface area contributed by atoms with E-state index >= 15 is 0 Å². The number of rotatable bonds is 9. The van der Waals surface area contributed by atoms with Gasteiger partial charge in [0.15, 0.2) is 0 Å². The summed E-state index contributed by atoms with van der Waals surface area (Å²) in [6.07, 6.45) is 4.02. The van der Waals surface area contributed by atoms with Crippen molar-refractivity contribution in [2.24, 2.45) is 0 Å². The van der Waals surface area contributed by atoms with Gasteiger partial charge in [-0.3, -0.25) is 19.8 Å². The van der Waals surface area contributed by atoms with Crippen LogP contribution in [0.5, 0.6) is 0 Å². The third-order valence-corrected chi connectivity index (χ3v) is 3.99. The number of unbranched alkanes of at least 4 members (excludes halogenated alkanes) is 3. The first-order valence-corrected chi connectivity index (χ1v) is 9.34. The molecule has 1 aliphatic rings. The van der Waals surface area contributed by atoms with Crippen molar-refractivity contribution < 1.29 is 19.4 Å². The minimum Gasteiger partial charge on any atom is -0.389 e. The fraction of sp³-hybridized carbons (Fsp3) is 0.882. The van der Waals surface area contributed by atoms with E-state index in [1.54, 1.807) is 0 Å². The molecule has 1 unspecified atom stereocenters. The van der Waals surface area contributed by atoms with Gasteiger partial charge in [-0.25, -0.2) is 0 Å². The number of carbonyl (C=O) groups excluding carboxylic acids is 2. The summed E-state index contributed by atoms with van der Waals surface area (Å²) in [5, 5.41) is 18.5. The molecule has 1 heterocycles. The molecule has 1 saturated heterocycles. The molecule has 0 aromatic heterocycles. The fourth-order valence-electron chi connectivity index (χ4n) is 2.62. The van der Waals surface area contributed by atoms with Crippen LogP contribution in [0.15, 0.2) is 0 Å². The fourth-order valence-corrected chi connectivity index (χ4v) is 2.62. The molecule has 1 rings (SSSR count). The molecule has 0 aliphatic carbocycles. The number of hydrogen-bond acceptors (Lipinski definition) is 6. The Hall–Kier alpha value is -1.22. The molecule has 1 aliphatic heterocycles. The summed E-state index contributed by atoms with van der Waals surface area (Å²) in [7, 11) is 0. The molecular formula is C17H34N4O4. The molecule has 0 spiro atoms. The number of hydrogen-bond donors (Lipinski definition) is 4. The molecule has 8 nitrogen and oxygen atoms in total. The summed E-state index contributed by atoms with van der Waals surface area (Å²) in [5.41, 5.74) is 0. The molecule has 0 saturated carbocycles. The third kappa shape index (κ3) is 11.9. The number of carbonyl (C=O) groups is 2. The lowest BCUT2D eigenvalue weighted by atomic mass is 10.2. The van der Waals surface area contributed by atoms with Crippen LogP contribution in [0, 0.1) is 0 Å². The average molecular weight is 358 g/mol. The Bertz CT molecular complexity index is 360. The molecule has 0 bridgehead atoms. The van der Waals surface area contributed by atoms with E-state index in [0.29, 0.717) is 45.9 Å². The minimum atomic E-state index is -0.577. The largest absolute Gasteiger partial charge is 0.389 e. The maximum absolute atomic E-state index is 11.6. The van der Waals surface area contributed by atoms with E-state index in [0.717, 1.165) is 12.8 Å². The second-order valence-corrected chi connectivity index (χ2v) is 6.39. The van der Waals surface area contributed by atoms with Gasteiger partial charge in [0.2, 0.25) is 11.8 Å². The zero-order valence-corrected chi connectivity index (χ0v) is 15.4. The number of amides is 2. The third-order valence-electron chi connectivity index (χ3n) is 3.99. The van der Waals surface area contributed by atoms with Crippen LogP contribution in [-0.2, 0) is 14.3 Å². The lowest BCUT2D eigenvalue weighted by molar-refractivity contribution is -0.121. The number of β-amino-alcohol motifs (C(OH)–C–C–N with tert-alkyl or cyclic N) is 1. The van der Waals surface area contributed by atoms with Gasteiger partial charge in [-0.15, -0.1) is 0 Å². The molecule has 2 amide bonds. The van der Waals surface area contributed by atoms with E-state index in [1.165, 1.54) is 12.8 Å². The van der Waals surface area contributed by atoms with E-state index in [4.69, 9.17) is 4.74 Å². The Morgan fingerprint density at radius 1 is 1.08 bits per heavy atom. The number of nitrogens with one attached hydrogen (secondary N) is 3. The summed E-state index contributed by atoms with van der Waals surface area (Å²) < 4.78 is 5.53. The van der Waals surface area contributed by atoms with Gasteiger partial charge in [0, 0.05) is 39.3 Å². The lowest BCUT2D eigenvalue weighted by Crippen LogP contribution is -2.47. The molecule has 25 heavy (non-hydrogen) atoms. The van der Waals surface area contributed by atoms with Crippen molar-refractivity contribution in [1.82, 2.24) is 20.9 Å². The Labute approximate surface area is 150 Å². The number of ether oxygens (including phenoxy) is 1. The quantitative estimate of drug-likeness (QED) is 0.398. The summed E-state index contributed by atoms with van der Waals surface area (Å²) in [4.78, 5) is 25.2. The number of aliphatic hydroxyl groups is 1. The second-order valence-electron chi connectivity index (χ2n) is 6.39. The smallest absolute Gasteiger partial charge is 0.234 e. The molecule has 0 radical (unpaired) electrons. The zero-order chi connectivity index (χ0) is 18.3. The normalized spacial score (nSPS) is 19.4. The first-order valence-electron chi connectivity index (χ1n) is 9.34. The maximum Gasteiger partial charge on any atom is 0.234 e. The van der Waals surface area contributed by atoms with Gasteiger partial charge in [-0.2, -0.15) is 0 Å². The van der Waals surface area contributed by atoms with Crippen LogP contribution in [0.25, 0.3) is 0 Å². The highest BCUT2D eigenvalue weighted by molar-refractivity contribution is 5.81. The van der Waals surface area contributed by atoms with Crippen molar-refractivity contribution in [3.8, 4) is 0 Å². The number of nitrogens with zero attached hydrogens (tertiary/aromatic N) is 1. The standard InChI is InChI=1S/C17H34N4O4/c1-2-3-4-5-10-25-14-15(22)13-21-8-6-19-16(23)11-18-12-17(24)20-7-9-21/h15,18,22H,2-14H2,1H3,(H,19,23)(H,20,24). The van der Waals surface area contributed by atoms with E-state index in [-0.39, 0.29) is 24.9 Å². The molecular weight excluding hydrogens is 324 g/mol. The highest BCUT2D eigenvalue weighted by atomic mass is 16.5. The minimum absolute atomic E-state index is 0.127. The topological polar surface area (TPSA) is 103 Å². The Morgan fingerprint density at radius 2 is 1.72 bits per heavy atom. The Morgan fingerprint density at radius 3 is 2.32 bits per heavy atom. The van der Waals surface area contributed by atoms with Crippen molar-refractivity contribution >= 4 is 11.8 Å². The SMILES string of the molecule is CCCCCCOCC(O)CN1CCNC(=O)CNCC(=O)NCC1. The first kappa shape index (κ1) is 21.8. The van der Waals surface area contributed by atoms with Gasteiger partial charge in [-0.1, -0.05) is 26.2 Å². The van der Waals surface area contributed by atoms with Crippen LogP contribution in [-0.4, -0.2) is 87.0 Å². The molecule has 146 valence electrons. The van der Waals surface area contributed by atoms with Crippen LogP contribution < -0.4 is 16.0 Å².